The number of nitrogens with zero attached hydrogens (tertiary/aromatic N) is 2. The van der Waals surface area contributed by atoms with Crippen LogP contribution in [0.5, 0.6) is 0 Å². The van der Waals surface area contributed by atoms with Crippen LogP contribution in [0.3, 0.4) is 0 Å². The molecule has 0 aliphatic heterocycles. The summed E-state index contributed by atoms with van der Waals surface area (Å²) in [7, 11) is 0. The molecule has 0 bridgehead atoms. The number of benzene rings is 1. The van der Waals surface area contributed by atoms with E-state index in [0.717, 1.165) is 12.8 Å². The largest absolute Gasteiger partial charge is 0.360 e. The summed E-state index contributed by atoms with van der Waals surface area (Å²) in [5.74, 6) is 1.06. The highest BCUT2D eigenvalue weighted by atomic mass is 16.5. The lowest BCUT2D eigenvalue weighted by atomic mass is 10.1. The topological polar surface area (TPSA) is 75.4 Å². The van der Waals surface area contributed by atoms with E-state index in [-0.39, 0.29) is 30.2 Å². The zero-order valence-corrected chi connectivity index (χ0v) is 14.6. The highest BCUT2D eigenvalue weighted by molar-refractivity contribution is 5.94. The third kappa shape index (κ3) is 4.26. The Kier molecular flexibility index (Phi) is 5.16. The summed E-state index contributed by atoms with van der Waals surface area (Å²) < 4.78 is 4.93. The second-order valence-corrected chi connectivity index (χ2v) is 6.49. The van der Waals surface area contributed by atoms with Gasteiger partial charge in [0.1, 0.15) is 5.76 Å². The summed E-state index contributed by atoms with van der Waals surface area (Å²) in [4.78, 5) is 26.7. The van der Waals surface area contributed by atoms with Crippen LogP contribution in [0.4, 0.5) is 5.82 Å². The van der Waals surface area contributed by atoms with Crippen molar-refractivity contribution in [2.75, 3.05) is 18.4 Å². The predicted octanol–water partition coefficient (Wildman–Crippen LogP) is 2.96. The molecule has 0 saturated heterocycles. The predicted molar refractivity (Wildman–Crippen MR) is 94.0 cm³/mol. The van der Waals surface area contributed by atoms with Gasteiger partial charge in [-0.15, -0.1) is 0 Å². The van der Waals surface area contributed by atoms with Gasteiger partial charge in [0.2, 0.25) is 11.8 Å². The van der Waals surface area contributed by atoms with Crippen LogP contribution in [0, 0.1) is 12.8 Å². The Morgan fingerprint density at radius 1 is 1.32 bits per heavy atom. The first-order valence-corrected chi connectivity index (χ1v) is 8.65. The van der Waals surface area contributed by atoms with Gasteiger partial charge in [0.25, 0.3) is 0 Å². The number of nitrogens with one attached hydrogen (secondary N) is 1. The van der Waals surface area contributed by atoms with E-state index in [0.29, 0.717) is 18.1 Å². The molecular weight excluding hydrogens is 318 g/mol. The van der Waals surface area contributed by atoms with Crippen molar-refractivity contribution in [1.82, 2.24) is 10.1 Å². The minimum absolute atomic E-state index is 0.0176. The van der Waals surface area contributed by atoms with Crippen LogP contribution in [0.1, 0.15) is 37.0 Å². The van der Waals surface area contributed by atoms with E-state index in [2.05, 4.69) is 22.6 Å². The van der Waals surface area contributed by atoms with E-state index in [4.69, 9.17) is 4.52 Å². The first-order valence-electron chi connectivity index (χ1n) is 8.65. The Morgan fingerprint density at radius 3 is 2.72 bits per heavy atom. The number of aromatic nitrogens is 1. The Morgan fingerprint density at radius 2 is 2.08 bits per heavy atom. The first kappa shape index (κ1) is 17.2. The number of hydrogen-bond acceptors (Lipinski definition) is 4. The normalized spacial score (nSPS) is 18.6. The van der Waals surface area contributed by atoms with Gasteiger partial charge in [-0.1, -0.05) is 42.4 Å². The van der Waals surface area contributed by atoms with Crippen molar-refractivity contribution in [1.29, 1.82) is 0 Å². The molecule has 6 nitrogen and oxygen atoms in total. The highest BCUT2D eigenvalue weighted by Crippen LogP contribution is 2.48. The summed E-state index contributed by atoms with van der Waals surface area (Å²) in [5.41, 5.74) is 1.19. The number of carbonyl (C=O) groups excluding carboxylic acids is 2. The fraction of sp³-hybridized carbons (Fsp3) is 0.421. The molecule has 1 aromatic heterocycles. The molecule has 132 valence electrons. The van der Waals surface area contributed by atoms with E-state index in [9.17, 15) is 9.59 Å². The maximum Gasteiger partial charge on any atom is 0.245 e. The van der Waals surface area contributed by atoms with E-state index in [1.54, 1.807) is 17.9 Å². The molecule has 2 aromatic rings. The minimum Gasteiger partial charge on any atom is -0.360 e. The second-order valence-electron chi connectivity index (χ2n) is 6.49. The van der Waals surface area contributed by atoms with Crippen LogP contribution in [0.2, 0.25) is 0 Å². The average molecular weight is 341 g/mol. The number of rotatable bonds is 7. The molecule has 25 heavy (non-hydrogen) atoms. The maximum absolute atomic E-state index is 12.8. The molecule has 2 atom stereocenters. The molecule has 1 saturated carbocycles. The van der Waals surface area contributed by atoms with E-state index in [1.807, 2.05) is 25.1 Å². The Labute approximate surface area is 147 Å². The molecule has 1 fully saturated rings. The fourth-order valence-corrected chi connectivity index (χ4v) is 3.09. The Balaban J connectivity index is 1.59. The standard InChI is InChI=1S/C19H23N3O3/c1-3-9-22(12-18(23)20-17-10-13(2)25-21-17)19(24)16-11-15(16)14-7-5-4-6-8-14/h4-8,10,15-16H,3,9,11-12H2,1-2H3,(H,20,21,23)/t15-,16+/m0/s1. The van der Waals surface area contributed by atoms with E-state index in [1.165, 1.54) is 5.56 Å². The summed E-state index contributed by atoms with van der Waals surface area (Å²) in [6.45, 7) is 4.37. The molecule has 1 aliphatic rings. The maximum atomic E-state index is 12.8. The lowest BCUT2D eigenvalue weighted by Crippen LogP contribution is -2.39. The van der Waals surface area contributed by atoms with Crippen LogP contribution in [0.25, 0.3) is 0 Å². The van der Waals surface area contributed by atoms with Gasteiger partial charge >= 0.3 is 0 Å². The van der Waals surface area contributed by atoms with Gasteiger partial charge in [-0.2, -0.15) is 0 Å². The van der Waals surface area contributed by atoms with Crippen molar-refractivity contribution in [3.8, 4) is 0 Å². The third-order valence-electron chi connectivity index (χ3n) is 4.37. The zero-order chi connectivity index (χ0) is 17.8. The zero-order valence-electron chi connectivity index (χ0n) is 14.6. The molecule has 1 heterocycles. The van der Waals surface area contributed by atoms with Gasteiger partial charge in [0, 0.05) is 18.5 Å². The van der Waals surface area contributed by atoms with Crippen molar-refractivity contribution < 1.29 is 14.1 Å². The minimum atomic E-state index is -0.257. The Bertz CT molecular complexity index is 741. The van der Waals surface area contributed by atoms with Crippen LogP contribution in [-0.2, 0) is 9.59 Å². The molecule has 2 amide bonds. The molecule has 3 rings (SSSR count). The second kappa shape index (κ2) is 7.51. The quantitative estimate of drug-likeness (QED) is 0.840. The van der Waals surface area contributed by atoms with Crippen molar-refractivity contribution >= 4 is 17.6 Å². The number of hydrogen-bond donors (Lipinski definition) is 1. The van der Waals surface area contributed by atoms with Crippen molar-refractivity contribution in [2.45, 2.75) is 32.6 Å². The average Bonchev–Trinajstić information content (AvgIpc) is 3.31. The molecule has 0 unspecified atom stereocenters. The number of anilines is 1. The van der Waals surface area contributed by atoms with Gasteiger partial charge in [-0.3, -0.25) is 9.59 Å². The lowest BCUT2D eigenvalue weighted by Gasteiger charge is -2.21. The molecule has 1 N–H and O–H groups in total. The van der Waals surface area contributed by atoms with Gasteiger partial charge < -0.3 is 14.7 Å². The van der Waals surface area contributed by atoms with E-state index >= 15 is 0 Å². The number of aryl methyl sites for hydroxylation is 1. The SMILES string of the molecule is CCCN(CC(=O)Nc1cc(C)on1)C(=O)[C@@H]1C[C@H]1c1ccccc1. The number of amides is 2. The van der Waals surface area contributed by atoms with Gasteiger partial charge in [-0.25, -0.2) is 0 Å². The molecule has 0 radical (unpaired) electrons. The monoisotopic (exact) mass is 341 g/mol. The summed E-state index contributed by atoms with van der Waals surface area (Å²) in [6.07, 6.45) is 1.66. The lowest BCUT2D eigenvalue weighted by molar-refractivity contribution is -0.136. The van der Waals surface area contributed by atoms with Gasteiger partial charge in [0.15, 0.2) is 5.82 Å². The smallest absolute Gasteiger partial charge is 0.245 e. The first-order chi connectivity index (χ1) is 12.1. The van der Waals surface area contributed by atoms with Crippen molar-refractivity contribution in [2.24, 2.45) is 5.92 Å². The molecule has 1 aromatic carbocycles. The Hall–Kier alpha value is -2.63. The van der Waals surface area contributed by atoms with Crippen molar-refractivity contribution in [3.05, 3.63) is 47.7 Å². The van der Waals surface area contributed by atoms with Crippen LogP contribution < -0.4 is 5.32 Å². The number of carbonyl (C=O) groups is 2. The van der Waals surface area contributed by atoms with Crippen molar-refractivity contribution in [3.63, 3.8) is 0 Å². The third-order valence-corrected chi connectivity index (χ3v) is 4.37. The van der Waals surface area contributed by atoms with Crippen LogP contribution >= 0.6 is 0 Å². The van der Waals surface area contributed by atoms with Gasteiger partial charge in [0.05, 0.1) is 6.54 Å². The fourth-order valence-electron chi connectivity index (χ4n) is 3.09. The molecule has 6 heteroatoms. The highest BCUT2D eigenvalue weighted by Gasteiger charge is 2.45. The summed E-state index contributed by atoms with van der Waals surface area (Å²) in [6, 6.07) is 11.7. The molecular formula is C19H23N3O3. The van der Waals surface area contributed by atoms with E-state index < -0.39 is 0 Å². The van der Waals surface area contributed by atoms with Gasteiger partial charge in [-0.05, 0) is 31.2 Å². The van der Waals surface area contributed by atoms with Crippen LogP contribution in [0.15, 0.2) is 40.9 Å². The summed E-state index contributed by atoms with van der Waals surface area (Å²) in [5, 5.41) is 6.41. The molecule has 0 spiro atoms. The molecule has 1 aliphatic carbocycles. The summed E-state index contributed by atoms with van der Waals surface area (Å²) >= 11 is 0. The van der Waals surface area contributed by atoms with Crippen LogP contribution in [-0.4, -0.2) is 35.0 Å².